The van der Waals surface area contributed by atoms with Gasteiger partial charge in [0.1, 0.15) is 5.76 Å². The largest absolute Gasteiger partial charge is 0.497 e. The second-order valence-corrected chi connectivity index (χ2v) is 3.01. The Morgan fingerprint density at radius 3 is 3.00 bits per heavy atom. The van der Waals surface area contributed by atoms with Gasteiger partial charge in [0.25, 0.3) is 0 Å². The first kappa shape index (κ1) is 8.11. The molecule has 1 nitrogen and oxygen atoms in total. The molecule has 0 atom stereocenters. The van der Waals surface area contributed by atoms with Crippen molar-refractivity contribution in [1.82, 2.24) is 0 Å². The van der Waals surface area contributed by atoms with Crippen molar-refractivity contribution in [2.45, 2.75) is 12.8 Å². The second kappa shape index (κ2) is 4.01. The van der Waals surface area contributed by atoms with E-state index in [2.05, 4.69) is 34.7 Å². The summed E-state index contributed by atoms with van der Waals surface area (Å²) in [6.07, 6.45) is 6.57. The minimum atomic E-state index is 1.07. The first-order chi connectivity index (χ1) is 4.88. The number of hydrogen-bond acceptors (Lipinski definition) is 1. The van der Waals surface area contributed by atoms with Crippen LogP contribution in [0.3, 0.4) is 0 Å². The fourth-order valence-electron chi connectivity index (χ4n) is 1.03. The van der Waals surface area contributed by atoms with Crippen LogP contribution in [0.2, 0.25) is 0 Å². The van der Waals surface area contributed by atoms with Gasteiger partial charge in [-0.3, -0.25) is 0 Å². The van der Waals surface area contributed by atoms with Crippen LogP contribution < -0.4 is 0 Å². The Labute approximate surface area is 75.3 Å². The molecule has 10 heavy (non-hydrogen) atoms. The molecule has 2 heteroatoms. The molecular formula is C8H11IO. The Balaban J connectivity index is 2.73. The highest BCUT2D eigenvalue weighted by atomic mass is 127. The SMILES string of the molecule is COC1=C(CI)CCC=C1. The molecule has 0 amide bonds. The molecule has 1 rings (SSSR count). The van der Waals surface area contributed by atoms with Crippen molar-refractivity contribution >= 4 is 22.6 Å². The molecule has 0 unspecified atom stereocenters. The topological polar surface area (TPSA) is 9.23 Å². The molecule has 0 aliphatic heterocycles. The Bertz CT molecular complexity index is 170. The lowest BCUT2D eigenvalue weighted by Crippen LogP contribution is -1.97. The van der Waals surface area contributed by atoms with Gasteiger partial charge < -0.3 is 4.74 Å². The highest BCUT2D eigenvalue weighted by molar-refractivity contribution is 14.1. The number of halogens is 1. The summed E-state index contributed by atoms with van der Waals surface area (Å²) < 4.78 is 6.27. The maximum atomic E-state index is 5.18. The van der Waals surface area contributed by atoms with Gasteiger partial charge in [0.2, 0.25) is 0 Å². The summed E-state index contributed by atoms with van der Waals surface area (Å²) in [6, 6.07) is 0. The first-order valence-corrected chi connectivity index (χ1v) is 4.89. The zero-order valence-electron chi connectivity index (χ0n) is 6.06. The number of allylic oxidation sites excluding steroid dienone is 3. The predicted octanol–water partition coefficient (Wildman–Crippen LogP) is 2.67. The molecule has 56 valence electrons. The summed E-state index contributed by atoms with van der Waals surface area (Å²) in [5.74, 6) is 1.07. The van der Waals surface area contributed by atoms with Crippen molar-refractivity contribution in [1.29, 1.82) is 0 Å². The second-order valence-electron chi connectivity index (χ2n) is 2.25. The van der Waals surface area contributed by atoms with Gasteiger partial charge in [0.15, 0.2) is 0 Å². The smallest absolute Gasteiger partial charge is 0.118 e. The van der Waals surface area contributed by atoms with Crippen LogP contribution in [-0.2, 0) is 4.74 Å². The zero-order chi connectivity index (χ0) is 7.40. The quantitative estimate of drug-likeness (QED) is 0.540. The summed E-state index contributed by atoms with van der Waals surface area (Å²) in [4.78, 5) is 0. The minimum Gasteiger partial charge on any atom is -0.497 e. The summed E-state index contributed by atoms with van der Waals surface area (Å²) in [5.41, 5.74) is 1.44. The lowest BCUT2D eigenvalue weighted by molar-refractivity contribution is 0.299. The van der Waals surface area contributed by atoms with E-state index in [1.165, 1.54) is 18.4 Å². The van der Waals surface area contributed by atoms with Crippen molar-refractivity contribution in [2.75, 3.05) is 11.5 Å². The zero-order valence-corrected chi connectivity index (χ0v) is 8.22. The van der Waals surface area contributed by atoms with Crippen LogP contribution in [0.25, 0.3) is 0 Å². The van der Waals surface area contributed by atoms with Crippen LogP contribution in [0.1, 0.15) is 12.8 Å². The molecule has 0 radical (unpaired) electrons. The van der Waals surface area contributed by atoms with E-state index >= 15 is 0 Å². The van der Waals surface area contributed by atoms with E-state index in [4.69, 9.17) is 4.74 Å². The minimum absolute atomic E-state index is 1.07. The normalized spacial score (nSPS) is 17.8. The molecular weight excluding hydrogens is 239 g/mol. The van der Waals surface area contributed by atoms with E-state index in [0.717, 1.165) is 10.2 Å². The first-order valence-electron chi connectivity index (χ1n) is 3.37. The molecule has 0 fully saturated rings. The van der Waals surface area contributed by atoms with Gasteiger partial charge in [-0.05, 0) is 24.5 Å². The van der Waals surface area contributed by atoms with Crippen LogP contribution in [-0.4, -0.2) is 11.5 Å². The van der Waals surface area contributed by atoms with Crippen molar-refractivity contribution < 1.29 is 4.74 Å². The number of hydrogen-bond donors (Lipinski definition) is 0. The summed E-state index contributed by atoms with van der Waals surface area (Å²) in [7, 11) is 1.73. The van der Waals surface area contributed by atoms with Crippen molar-refractivity contribution in [3.63, 3.8) is 0 Å². The van der Waals surface area contributed by atoms with Gasteiger partial charge in [-0.1, -0.05) is 28.7 Å². The highest BCUT2D eigenvalue weighted by Crippen LogP contribution is 2.20. The fourth-order valence-corrected chi connectivity index (χ4v) is 1.79. The maximum absolute atomic E-state index is 5.18. The molecule has 0 N–H and O–H groups in total. The number of rotatable bonds is 2. The lowest BCUT2D eigenvalue weighted by Gasteiger charge is -2.11. The maximum Gasteiger partial charge on any atom is 0.118 e. The third-order valence-electron chi connectivity index (χ3n) is 1.61. The van der Waals surface area contributed by atoms with Gasteiger partial charge in [-0.2, -0.15) is 0 Å². The van der Waals surface area contributed by atoms with Crippen molar-refractivity contribution in [3.8, 4) is 0 Å². The molecule has 0 aromatic rings. The molecule has 0 aromatic carbocycles. The average molecular weight is 250 g/mol. The summed E-state index contributed by atoms with van der Waals surface area (Å²) in [6.45, 7) is 0. The molecule has 0 heterocycles. The van der Waals surface area contributed by atoms with Crippen LogP contribution in [0.15, 0.2) is 23.5 Å². The van der Waals surface area contributed by atoms with Gasteiger partial charge in [-0.15, -0.1) is 0 Å². The molecule has 0 saturated carbocycles. The van der Waals surface area contributed by atoms with E-state index < -0.39 is 0 Å². The van der Waals surface area contributed by atoms with E-state index in [9.17, 15) is 0 Å². The molecule has 0 saturated heterocycles. The Morgan fingerprint density at radius 2 is 2.50 bits per heavy atom. The third-order valence-corrected chi connectivity index (χ3v) is 2.53. The monoisotopic (exact) mass is 250 g/mol. The van der Waals surface area contributed by atoms with Crippen LogP contribution in [0.4, 0.5) is 0 Å². The number of methoxy groups -OCH3 is 1. The van der Waals surface area contributed by atoms with E-state index in [1.54, 1.807) is 7.11 Å². The predicted molar refractivity (Wildman–Crippen MR) is 51.3 cm³/mol. The Morgan fingerprint density at radius 1 is 1.70 bits per heavy atom. The molecule has 1 aliphatic carbocycles. The Hall–Kier alpha value is 0.01000. The molecule has 0 bridgehead atoms. The summed E-state index contributed by atoms with van der Waals surface area (Å²) >= 11 is 2.37. The van der Waals surface area contributed by atoms with Crippen molar-refractivity contribution in [3.05, 3.63) is 23.5 Å². The van der Waals surface area contributed by atoms with Gasteiger partial charge in [0.05, 0.1) is 7.11 Å². The number of alkyl halides is 1. The fraction of sp³-hybridized carbons (Fsp3) is 0.500. The highest BCUT2D eigenvalue weighted by Gasteiger charge is 2.05. The van der Waals surface area contributed by atoms with Gasteiger partial charge >= 0.3 is 0 Å². The van der Waals surface area contributed by atoms with Gasteiger partial charge in [0, 0.05) is 4.43 Å². The van der Waals surface area contributed by atoms with Crippen LogP contribution in [0.5, 0.6) is 0 Å². The summed E-state index contributed by atoms with van der Waals surface area (Å²) in [5, 5.41) is 0. The van der Waals surface area contributed by atoms with E-state index in [1.807, 2.05) is 0 Å². The number of ether oxygens (including phenoxy) is 1. The lowest BCUT2D eigenvalue weighted by atomic mass is 10.1. The van der Waals surface area contributed by atoms with Crippen LogP contribution in [0, 0.1) is 0 Å². The standard InChI is InChI=1S/C8H11IO/c1-10-8-5-3-2-4-7(8)6-9/h3,5H,2,4,6H2,1H3. The average Bonchev–Trinajstić information content (AvgIpc) is 2.04. The molecule has 0 spiro atoms. The van der Waals surface area contributed by atoms with E-state index in [-0.39, 0.29) is 0 Å². The van der Waals surface area contributed by atoms with Gasteiger partial charge in [-0.25, -0.2) is 0 Å². The van der Waals surface area contributed by atoms with Crippen LogP contribution >= 0.6 is 22.6 Å². The molecule has 1 aliphatic rings. The van der Waals surface area contributed by atoms with E-state index in [0.29, 0.717) is 0 Å². The third kappa shape index (κ3) is 1.75. The van der Waals surface area contributed by atoms with Crippen molar-refractivity contribution in [2.24, 2.45) is 0 Å². The Kier molecular flexibility index (Phi) is 3.25. The molecule has 0 aromatic heterocycles.